The summed E-state index contributed by atoms with van der Waals surface area (Å²) in [6.07, 6.45) is 1.94. The zero-order valence-electron chi connectivity index (χ0n) is 10.9. The molecule has 0 radical (unpaired) electrons. The van der Waals surface area contributed by atoms with Gasteiger partial charge in [0.25, 0.3) is 0 Å². The summed E-state index contributed by atoms with van der Waals surface area (Å²) >= 11 is 0. The van der Waals surface area contributed by atoms with Gasteiger partial charge in [-0.3, -0.25) is 0 Å². The minimum Gasteiger partial charge on any atom is -0.397 e. The lowest BCUT2D eigenvalue weighted by Crippen LogP contribution is -2.26. The quantitative estimate of drug-likeness (QED) is 0.768. The average molecular weight is 271 g/mol. The van der Waals surface area contributed by atoms with Gasteiger partial charge in [-0.1, -0.05) is 13.8 Å². The molecule has 0 saturated heterocycles. The maximum atomic E-state index is 11.4. The van der Waals surface area contributed by atoms with E-state index in [-0.39, 0.29) is 4.90 Å². The molecule has 0 spiro atoms. The Bertz CT molecular complexity index is 494. The molecule has 0 aliphatic rings. The number of nitrogens with two attached hydrogens (primary N) is 2. The van der Waals surface area contributed by atoms with Gasteiger partial charge in [-0.15, -0.1) is 0 Å². The first kappa shape index (κ1) is 14.8. The summed E-state index contributed by atoms with van der Waals surface area (Å²) in [7, 11) is -3.69. The van der Waals surface area contributed by atoms with Crippen LogP contribution in [0.2, 0.25) is 0 Å². The van der Waals surface area contributed by atoms with E-state index in [9.17, 15) is 8.42 Å². The minimum absolute atomic E-state index is 0.101. The predicted molar refractivity (Wildman–Crippen MR) is 75.0 cm³/mol. The normalized spacial score (nSPS) is 11.5. The third-order valence-electron chi connectivity index (χ3n) is 2.66. The van der Waals surface area contributed by atoms with Gasteiger partial charge in [0.1, 0.15) is 0 Å². The lowest BCUT2D eigenvalue weighted by atomic mass is 10.2. The second-order valence-corrected chi connectivity index (χ2v) is 5.81. The molecule has 0 atom stereocenters. The molecular weight excluding hydrogens is 250 g/mol. The van der Waals surface area contributed by atoms with Gasteiger partial charge in [-0.25, -0.2) is 13.6 Å². The van der Waals surface area contributed by atoms with Crippen LogP contribution in [0, 0.1) is 0 Å². The molecule has 0 aromatic heterocycles. The molecule has 4 N–H and O–H groups in total. The molecule has 6 heteroatoms. The number of nitrogen functional groups attached to an aromatic ring is 1. The minimum atomic E-state index is -3.69. The van der Waals surface area contributed by atoms with E-state index < -0.39 is 10.0 Å². The van der Waals surface area contributed by atoms with Gasteiger partial charge in [-0.05, 0) is 31.0 Å². The largest absolute Gasteiger partial charge is 0.397 e. The van der Waals surface area contributed by atoms with Gasteiger partial charge in [0.05, 0.1) is 16.3 Å². The van der Waals surface area contributed by atoms with Crippen LogP contribution in [0.1, 0.15) is 26.7 Å². The number of sulfonamides is 1. The van der Waals surface area contributed by atoms with Gasteiger partial charge < -0.3 is 10.6 Å². The third kappa shape index (κ3) is 3.61. The molecule has 18 heavy (non-hydrogen) atoms. The fourth-order valence-electron chi connectivity index (χ4n) is 1.87. The standard InChI is InChI=1S/C12H21N3O2S/c1-3-7-15(8-4-2)12-9-10(18(14,16)17)5-6-11(12)13/h5-6,9H,3-4,7-8,13H2,1-2H3,(H2,14,16,17). The van der Waals surface area contributed by atoms with Crippen molar-refractivity contribution < 1.29 is 8.42 Å². The zero-order valence-corrected chi connectivity index (χ0v) is 11.7. The summed E-state index contributed by atoms with van der Waals surface area (Å²) in [5, 5.41) is 5.14. The molecule has 0 amide bonds. The first-order valence-electron chi connectivity index (χ1n) is 6.07. The van der Waals surface area contributed by atoms with Crippen LogP contribution in [0.4, 0.5) is 11.4 Å². The van der Waals surface area contributed by atoms with Crippen molar-refractivity contribution in [3.05, 3.63) is 18.2 Å². The van der Waals surface area contributed by atoms with Crippen molar-refractivity contribution in [2.45, 2.75) is 31.6 Å². The van der Waals surface area contributed by atoms with Crippen molar-refractivity contribution in [3.8, 4) is 0 Å². The summed E-state index contributed by atoms with van der Waals surface area (Å²) in [4.78, 5) is 2.19. The summed E-state index contributed by atoms with van der Waals surface area (Å²) in [6, 6.07) is 4.58. The molecule has 1 rings (SSSR count). The summed E-state index contributed by atoms with van der Waals surface area (Å²) in [6.45, 7) is 5.82. The SMILES string of the molecule is CCCN(CCC)c1cc(S(N)(=O)=O)ccc1N. The molecule has 1 aromatic carbocycles. The second-order valence-electron chi connectivity index (χ2n) is 4.25. The van der Waals surface area contributed by atoms with E-state index in [1.165, 1.54) is 6.07 Å². The number of primary sulfonamides is 1. The Kier molecular flexibility index (Phi) is 4.98. The summed E-state index contributed by atoms with van der Waals surface area (Å²) < 4.78 is 22.7. The number of hydrogen-bond acceptors (Lipinski definition) is 4. The third-order valence-corrected chi connectivity index (χ3v) is 3.57. The van der Waals surface area contributed by atoms with E-state index in [0.717, 1.165) is 31.6 Å². The molecule has 0 aliphatic heterocycles. The van der Waals surface area contributed by atoms with Crippen LogP contribution in [0.5, 0.6) is 0 Å². The molecule has 0 fully saturated rings. The van der Waals surface area contributed by atoms with Gasteiger partial charge in [0, 0.05) is 13.1 Å². The van der Waals surface area contributed by atoms with Crippen LogP contribution < -0.4 is 15.8 Å². The van der Waals surface area contributed by atoms with Crippen molar-refractivity contribution >= 4 is 21.4 Å². The molecule has 0 unspecified atom stereocenters. The molecular formula is C12H21N3O2S. The molecule has 0 saturated carbocycles. The number of benzene rings is 1. The topological polar surface area (TPSA) is 89.4 Å². The highest BCUT2D eigenvalue weighted by atomic mass is 32.2. The Morgan fingerprint density at radius 1 is 1.17 bits per heavy atom. The number of rotatable bonds is 6. The van der Waals surface area contributed by atoms with Crippen LogP contribution in [-0.2, 0) is 10.0 Å². The fraction of sp³-hybridized carbons (Fsp3) is 0.500. The van der Waals surface area contributed by atoms with Crippen LogP contribution >= 0.6 is 0 Å². The molecule has 0 aliphatic carbocycles. The van der Waals surface area contributed by atoms with Crippen LogP contribution in [0.3, 0.4) is 0 Å². The summed E-state index contributed by atoms with van der Waals surface area (Å²) in [5.41, 5.74) is 7.23. The summed E-state index contributed by atoms with van der Waals surface area (Å²) in [5.74, 6) is 0. The molecule has 0 heterocycles. The van der Waals surface area contributed by atoms with Crippen molar-refractivity contribution in [1.29, 1.82) is 0 Å². The van der Waals surface area contributed by atoms with E-state index in [2.05, 4.69) is 18.7 Å². The van der Waals surface area contributed by atoms with E-state index in [4.69, 9.17) is 10.9 Å². The monoisotopic (exact) mass is 271 g/mol. The molecule has 5 nitrogen and oxygen atoms in total. The maximum absolute atomic E-state index is 11.4. The van der Waals surface area contributed by atoms with Gasteiger partial charge in [0.15, 0.2) is 0 Å². The molecule has 0 bridgehead atoms. The van der Waals surface area contributed by atoms with Crippen molar-refractivity contribution in [1.82, 2.24) is 0 Å². The predicted octanol–water partition coefficient (Wildman–Crippen LogP) is 1.54. The van der Waals surface area contributed by atoms with E-state index in [1.54, 1.807) is 12.1 Å². The van der Waals surface area contributed by atoms with Crippen molar-refractivity contribution in [2.75, 3.05) is 23.7 Å². The highest BCUT2D eigenvalue weighted by Gasteiger charge is 2.14. The molecule has 1 aromatic rings. The van der Waals surface area contributed by atoms with Crippen molar-refractivity contribution in [3.63, 3.8) is 0 Å². The molecule has 102 valence electrons. The number of nitrogens with zero attached hydrogens (tertiary/aromatic N) is 1. The lowest BCUT2D eigenvalue weighted by Gasteiger charge is -2.25. The zero-order chi connectivity index (χ0) is 13.8. The number of anilines is 2. The Balaban J connectivity index is 3.20. The first-order valence-corrected chi connectivity index (χ1v) is 7.62. The van der Waals surface area contributed by atoms with E-state index in [1.807, 2.05) is 0 Å². The highest BCUT2D eigenvalue weighted by molar-refractivity contribution is 7.89. The second kappa shape index (κ2) is 6.06. The Morgan fingerprint density at radius 3 is 2.17 bits per heavy atom. The van der Waals surface area contributed by atoms with Gasteiger partial charge in [-0.2, -0.15) is 0 Å². The van der Waals surface area contributed by atoms with Crippen LogP contribution in [0.15, 0.2) is 23.1 Å². The van der Waals surface area contributed by atoms with E-state index >= 15 is 0 Å². The Morgan fingerprint density at radius 2 is 1.72 bits per heavy atom. The van der Waals surface area contributed by atoms with E-state index in [0.29, 0.717) is 5.69 Å². The fourth-order valence-corrected chi connectivity index (χ4v) is 2.40. The Hall–Kier alpha value is -1.27. The van der Waals surface area contributed by atoms with Gasteiger partial charge >= 0.3 is 0 Å². The van der Waals surface area contributed by atoms with Gasteiger partial charge in [0.2, 0.25) is 10.0 Å². The lowest BCUT2D eigenvalue weighted by molar-refractivity contribution is 0.597. The number of hydrogen-bond donors (Lipinski definition) is 2. The Labute approximate surface area is 109 Å². The first-order chi connectivity index (χ1) is 8.40. The van der Waals surface area contributed by atoms with Crippen LogP contribution in [0.25, 0.3) is 0 Å². The smallest absolute Gasteiger partial charge is 0.238 e. The van der Waals surface area contributed by atoms with Crippen LogP contribution in [-0.4, -0.2) is 21.5 Å². The average Bonchev–Trinajstić information content (AvgIpc) is 2.28. The van der Waals surface area contributed by atoms with Crippen molar-refractivity contribution in [2.24, 2.45) is 5.14 Å². The highest BCUT2D eigenvalue weighted by Crippen LogP contribution is 2.26. The maximum Gasteiger partial charge on any atom is 0.238 e.